The maximum atomic E-state index is 13.2. The Hall–Kier alpha value is -2.71. The van der Waals surface area contributed by atoms with Gasteiger partial charge >= 0.3 is 12.4 Å². The van der Waals surface area contributed by atoms with Gasteiger partial charge in [0, 0.05) is 10.6 Å². The number of rotatable bonds is 5. The molecule has 1 amide bonds. The summed E-state index contributed by atoms with van der Waals surface area (Å²) in [5.41, 5.74) is -5.31. The fourth-order valence-electron chi connectivity index (χ4n) is 2.27. The van der Waals surface area contributed by atoms with Gasteiger partial charge < -0.3 is 10.4 Å². The first kappa shape index (κ1) is 23.6. The third-order valence-corrected chi connectivity index (χ3v) is 5.17. The largest absolute Gasteiger partial charge is 0.418 e. The molecule has 0 spiro atoms. The van der Waals surface area contributed by atoms with Crippen LogP contribution >= 0.6 is 11.8 Å². The highest BCUT2D eigenvalue weighted by atomic mass is 32.2. The van der Waals surface area contributed by atoms with Crippen molar-refractivity contribution in [2.45, 2.75) is 29.8 Å². The molecule has 4 nitrogen and oxygen atoms in total. The number of aliphatic hydroxyl groups is 1. The zero-order valence-corrected chi connectivity index (χ0v) is 16.0. The molecule has 0 aliphatic heterocycles. The molecule has 11 heteroatoms. The number of amides is 1. The van der Waals surface area contributed by atoms with Crippen LogP contribution in [0.4, 0.5) is 32.0 Å². The summed E-state index contributed by atoms with van der Waals surface area (Å²) in [5, 5.41) is 21.1. The first-order valence-electron chi connectivity index (χ1n) is 8.19. The number of alkyl halides is 6. The molecule has 0 saturated heterocycles. The summed E-state index contributed by atoms with van der Waals surface area (Å²) in [5.74, 6) is -1.60. The molecule has 0 aliphatic carbocycles. The zero-order chi connectivity index (χ0) is 22.7. The lowest BCUT2D eigenvalue weighted by atomic mass is 10.1. The van der Waals surface area contributed by atoms with Gasteiger partial charge in [0.2, 0.25) is 0 Å². The molecule has 30 heavy (non-hydrogen) atoms. The van der Waals surface area contributed by atoms with Crippen molar-refractivity contribution in [2.24, 2.45) is 0 Å². The van der Waals surface area contributed by atoms with Gasteiger partial charge in [-0.05, 0) is 43.3 Å². The van der Waals surface area contributed by atoms with Gasteiger partial charge in [-0.1, -0.05) is 6.07 Å². The molecule has 1 unspecified atom stereocenters. The number of benzene rings is 2. The number of nitrogens with zero attached hydrogens (tertiary/aromatic N) is 1. The molecule has 1 atom stereocenters. The van der Waals surface area contributed by atoms with Crippen molar-refractivity contribution in [3.05, 3.63) is 59.2 Å². The SMILES string of the molecule is CC(O)(CSc1cccc(C(F)(F)F)c1)C(=O)Nc1ccc(C#N)cc1C(F)(F)F. The standard InChI is InChI=1S/C19H14F6N2O2S/c1-17(29,10-30-13-4-2-3-12(8-13)18(20,21)22)16(28)27-15-6-5-11(9-26)7-14(15)19(23,24)25/h2-8,29H,10H2,1H3,(H,27,28). The average molecular weight is 448 g/mol. The second kappa shape index (κ2) is 8.57. The Kier molecular flexibility index (Phi) is 6.73. The van der Waals surface area contributed by atoms with Gasteiger partial charge in [0.15, 0.2) is 0 Å². The van der Waals surface area contributed by atoms with Crippen LogP contribution in [-0.4, -0.2) is 22.4 Å². The summed E-state index contributed by atoms with van der Waals surface area (Å²) in [6.07, 6.45) is -9.44. The van der Waals surface area contributed by atoms with Crippen LogP contribution in [0.2, 0.25) is 0 Å². The number of halogens is 6. The van der Waals surface area contributed by atoms with Crippen LogP contribution < -0.4 is 5.32 Å². The molecule has 0 saturated carbocycles. The molecule has 0 aliphatic rings. The van der Waals surface area contributed by atoms with Gasteiger partial charge in [-0.15, -0.1) is 11.8 Å². The van der Waals surface area contributed by atoms with Crippen LogP contribution in [0, 0.1) is 11.3 Å². The molecular weight excluding hydrogens is 434 g/mol. The minimum absolute atomic E-state index is 0.118. The predicted molar refractivity (Wildman–Crippen MR) is 97.6 cm³/mol. The van der Waals surface area contributed by atoms with E-state index in [2.05, 4.69) is 0 Å². The molecule has 2 N–H and O–H groups in total. The Morgan fingerprint density at radius 2 is 1.77 bits per heavy atom. The maximum Gasteiger partial charge on any atom is 0.418 e. The van der Waals surface area contributed by atoms with Crippen LogP contribution in [0.1, 0.15) is 23.6 Å². The molecular formula is C19H14F6N2O2S. The highest BCUT2D eigenvalue weighted by molar-refractivity contribution is 7.99. The van der Waals surface area contributed by atoms with Crippen LogP contribution in [0.5, 0.6) is 0 Å². The van der Waals surface area contributed by atoms with E-state index < -0.39 is 46.4 Å². The predicted octanol–water partition coefficient (Wildman–Crippen LogP) is 5.08. The summed E-state index contributed by atoms with van der Waals surface area (Å²) in [7, 11) is 0. The molecule has 2 aromatic carbocycles. The smallest absolute Gasteiger partial charge is 0.379 e. The molecule has 160 valence electrons. The normalized spacial score (nSPS) is 14.0. The quantitative estimate of drug-likeness (QED) is 0.495. The van der Waals surface area contributed by atoms with Crippen molar-refractivity contribution in [2.75, 3.05) is 11.1 Å². The molecule has 0 aromatic heterocycles. The highest BCUT2D eigenvalue weighted by Gasteiger charge is 2.37. The van der Waals surface area contributed by atoms with Crippen molar-refractivity contribution < 1.29 is 36.2 Å². The number of carbonyl (C=O) groups excluding carboxylic acids is 1. The number of thioether (sulfide) groups is 1. The summed E-state index contributed by atoms with van der Waals surface area (Å²) < 4.78 is 77.9. The third-order valence-electron chi connectivity index (χ3n) is 3.87. The topological polar surface area (TPSA) is 73.1 Å². The van der Waals surface area contributed by atoms with Gasteiger partial charge in [0.05, 0.1) is 28.4 Å². The summed E-state index contributed by atoms with van der Waals surface area (Å²) in [6, 6.07) is 8.26. The molecule has 0 radical (unpaired) electrons. The number of hydrogen-bond acceptors (Lipinski definition) is 4. The lowest BCUT2D eigenvalue weighted by Crippen LogP contribution is -2.42. The fraction of sp³-hybridized carbons (Fsp3) is 0.263. The lowest BCUT2D eigenvalue weighted by molar-refractivity contribution is -0.138. The Morgan fingerprint density at radius 3 is 2.33 bits per heavy atom. The van der Waals surface area contributed by atoms with Gasteiger partial charge in [0.25, 0.3) is 5.91 Å². The van der Waals surface area contributed by atoms with Crippen LogP contribution in [0.15, 0.2) is 47.4 Å². The summed E-state index contributed by atoms with van der Waals surface area (Å²) >= 11 is 0.736. The average Bonchev–Trinajstić information content (AvgIpc) is 2.65. The fourth-order valence-corrected chi connectivity index (χ4v) is 3.23. The minimum Gasteiger partial charge on any atom is -0.379 e. The maximum absolute atomic E-state index is 13.2. The van der Waals surface area contributed by atoms with Crippen LogP contribution in [0.25, 0.3) is 0 Å². The molecule has 0 fully saturated rings. The Balaban J connectivity index is 2.17. The van der Waals surface area contributed by atoms with Gasteiger partial charge in [0.1, 0.15) is 5.60 Å². The first-order chi connectivity index (χ1) is 13.7. The number of nitrogens with one attached hydrogen (secondary N) is 1. The van der Waals surface area contributed by atoms with Crippen molar-refractivity contribution in [1.82, 2.24) is 0 Å². The molecule has 2 rings (SSSR count). The van der Waals surface area contributed by atoms with Crippen molar-refractivity contribution in [1.29, 1.82) is 5.26 Å². The molecule has 0 heterocycles. The zero-order valence-electron chi connectivity index (χ0n) is 15.2. The third kappa shape index (κ3) is 5.90. The van der Waals surface area contributed by atoms with E-state index in [1.54, 1.807) is 6.07 Å². The number of hydrogen-bond donors (Lipinski definition) is 2. The first-order valence-corrected chi connectivity index (χ1v) is 9.18. The lowest BCUT2D eigenvalue weighted by Gasteiger charge is -2.23. The monoisotopic (exact) mass is 448 g/mol. The van der Waals surface area contributed by atoms with E-state index in [1.165, 1.54) is 6.07 Å². The van der Waals surface area contributed by atoms with E-state index in [9.17, 15) is 36.2 Å². The Labute approximate surface area is 171 Å². The van der Waals surface area contributed by atoms with Crippen molar-refractivity contribution in [3.63, 3.8) is 0 Å². The minimum atomic E-state index is -4.87. The van der Waals surface area contributed by atoms with E-state index in [0.29, 0.717) is 6.07 Å². The number of nitriles is 1. The van der Waals surface area contributed by atoms with Crippen molar-refractivity contribution >= 4 is 23.4 Å². The van der Waals surface area contributed by atoms with Gasteiger partial charge in [-0.3, -0.25) is 4.79 Å². The van der Waals surface area contributed by atoms with Crippen LogP contribution in [0.3, 0.4) is 0 Å². The van der Waals surface area contributed by atoms with Gasteiger partial charge in [-0.25, -0.2) is 0 Å². The molecule has 2 aromatic rings. The van der Waals surface area contributed by atoms with Crippen LogP contribution in [-0.2, 0) is 17.1 Å². The van der Waals surface area contributed by atoms with E-state index >= 15 is 0 Å². The number of carbonyl (C=O) groups is 1. The van der Waals surface area contributed by atoms with E-state index in [-0.39, 0.29) is 10.5 Å². The van der Waals surface area contributed by atoms with Gasteiger partial charge in [-0.2, -0.15) is 31.6 Å². The summed E-state index contributed by atoms with van der Waals surface area (Å²) in [6.45, 7) is 1.03. The Bertz CT molecular complexity index is 980. The number of anilines is 1. The van der Waals surface area contributed by atoms with Crippen molar-refractivity contribution in [3.8, 4) is 6.07 Å². The van der Waals surface area contributed by atoms with E-state index in [4.69, 9.17) is 5.26 Å². The second-order valence-electron chi connectivity index (χ2n) is 6.41. The second-order valence-corrected chi connectivity index (χ2v) is 7.46. The van der Waals surface area contributed by atoms with E-state index in [1.807, 2.05) is 5.32 Å². The highest BCUT2D eigenvalue weighted by Crippen LogP contribution is 2.36. The molecule has 0 bridgehead atoms. The summed E-state index contributed by atoms with van der Waals surface area (Å²) in [4.78, 5) is 12.4. The Morgan fingerprint density at radius 1 is 1.10 bits per heavy atom. The van der Waals surface area contributed by atoms with E-state index in [0.717, 1.165) is 49.0 Å².